The minimum atomic E-state index is 0.192. The van der Waals surface area contributed by atoms with E-state index in [0.717, 1.165) is 12.5 Å². The Hall–Kier alpha value is 0.270. The van der Waals surface area contributed by atoms with Crippen LogP contribution >= 0.6 is 11.8 Å². The Labute approximate surface area is 78.4 Å². The molecule has 0 amide bonds. The predicted molar refractivity (Wildman–Crippen MR) is 52.4 cm³/mol. The molecule has 2 unspecified atom stereocenters. The van der Waals surface area contributed by atoms with Gasteiger partial charge in [0.15, 0.2) is 0 Å². The average molecular weight is 187 g/mol. The molecule has 2 aliphatic rings. The third-order valence-electron chi connectivity index (χ3n) is 2.55. The minimum Gasteiger partial charge on any atom is -0.361 e. The van der Waals surface area contributed by atoms with Crippen LogP contribution in [0.15, 0.2) is 0 Å². The molecule has 0 spiro atoms. The molecule has 2 aliphatic heterocycles. The zero-order chi connectivity index (χ0) is 8.60. The van der Waals surface area contributed by atoms with E-state index in [2.05, 4.69) is 19.2 Å². The summed E-state index contributed by atoms with van der Waals surface area (Å²) in [4.78, 5) is 0. The van der Waals surface area contributed by atoms with Gasteiger partial charge in [0.25, 0.3) is 0 Å². The second kappa shape index (κ2) is 3.20. The first-order chi connectivity index (χ1) is 5.67. The van der Waals surface area contributed by atoms with E-state index in [-0.39, 0.29) is 5.54 Å². The van der Waals surface area contributed by atoms with Crippen molar-refractivity contribution < 1.29 is 4.74 Å². The molecule has 0 saturated carbocycles. The lowest BCUT2D eigenvalue weighted by molar-refractivity contribution is 0.0600. The molecule has 70 valence electrons. The number of rotatable bonds is 1. The van der Waals surface area contributed by atoms with Crippen molar-refractivity contribution in [3.63, 3.8) is 0 Å². The van der Waals surface area contributed by atoms with Gasteiger partial charge in [-0.3, -0.25) is 5.32 Å². The van der Waals surface area contributed by atoms with Crippen molar-refractivity contribution in [2.24, 2.45) is 5.92 Å². The van der Waals surface area contributed by atoms with Crippen LogP contribution in [0, 0.1) is 5.92 Å². The van der Waals surface area contributed by atoms with Crippen molar-refractivity contribution in [1.82, 2.24) is 5.32 Å². The fourth-order valence-corrected chi connectivity index (χ4v) is 3.09. The molecule has 0 bridgehead atoms. The highest BCUT2D eigenvalue weighted by atomic mass is 32.2. The SMILES string of the molecule is CC1(C)COC(C2CCSC2)N1. The topological polar surface area (TPSA) is 21.3 Å². The Bertz CT molecular complexity index is 166. The molecule has 2 nitrogen and oxygen atoms in total. The zero-order valence-corrected chi connectivity index (χ0v) is 8.62. The normalized spacial score (nSPS) is 40.5. The maximum absolute atomic E-state index is 5.73. The van der Waals surface area contributed by atoms with E-state index in [0.29, 0.717) is 6.23 Å². The van der Waals surface area contributed by atoms with E-state index in [1.807, 2.05) is 11.8 Å². The number of thioether (sulfide) groups is 1. The number of ether oxygens (including phenoxy) is 1. The highest BCUT2D eigenvalue weighted by Crippen LogP contribution is 2.30. The Kier molecular flexibility index (Phi) is 2.36. The van der Waals surface area contributed by atoms with Crippen molar-refractivity contribution in [3.8, 4) is 0 Å². The van der Waals surface area contributed by atoms with Gasteiger partial charge in [0.1, 0.15) is 6.23 Å². The van der Waals surface area contributed by atoms with Gasteiger partial charge in [0.2, 0.25) is 0 Å². The van der Waals surface area contributed by atoms with Crippen molar-refractivity contribution in [2.45, 2.75) is 32.0 Å². The van der Waals surface area contributed by atoms with Gasteiger partial charge in [0, 0.05) is 11.5 Å². The molecule has 1 N–H and O–H groups in total. The van der Waals surface area contributed by atoms with Gasteiger partial charge >= 0.3 is 0 Å². The van der Waals surface area contributed by atoms with E-state index in [1.165, 1.54) is 17.9 Å². The molecule has 0 aliphatic carbocycles. The van der Waals surface area contributed by atoms with E-state index < -0.39 is 0 Å². The van der Waals surface area contributed by atoms with E-state index in [9.17, 15) is 0 Å². The molecule has 2 rings (SSSR count). The van der Waals surface area contributed by atoms with Crippen molar-refractivity contribution in [1.29, 1.82) is 0 Å². The van der Waals surface area contributed by atoms with Crippen LogP contribution in [0.2, 0.25) is 0 Å². The Balaban J connectivity index is 1.90. The van der Waals surface area contributed by atoms with Gasteiger partial charge < -0.3 is 4.74 Å². The van der Waals surface area contributed by atoms with Crippen LogP contribution in [0.25, 0.3) is 0 Å². The summed E-state index contributed by atoms with van der Waals surface area (Å²) in [6, 6.07) is 0. The quantitative estimate of drug-likeness (QED) is 0.671. The summed E-state index contributed by atoms with van der Waals surface area (Å²) < 4.78 is 5.73. The largest absolute Gasteiger partial charge is 0.361 e. The lowest BCUT2D eigenvalue weighted by Crippen LogP contribution is -2.42. The van der Waals surface area contributed by atoms with Crippen LogP contribution in [-0.4, -0.2) is 29.9 Å². The van der Waals surface area contributed by atoms with Gasteiger partial charge in [0.05, 0.1) is 6.61 Å². The van der Waals surface area contributed by atoms with Gasteiger partial charge in [-0.25, -0.2) is 0 Å². The predicted octanol–water partition coefficient (Wildman–Crippen LogP) is 1.46. The van der Waals surface area contributed by atoms with Crippen LogP contribution in [-0.2, 0) is 4.74 Å². The summed E-state index contributed by atoms with van der Waals surface area (Å²) >= 11 is 2.05. The molecule has 12 heavy (non-hydrogen) atoms. The average Bonchev–Trinajstić information content (AvgIpc) is 2.55. The van der Waals surface area contributed by atoms with Crippen LogP contribution < -0.4 is 5.32 Å². The summed E-state index contributed by atoms with van der Waals surface area (Å²) in [5, 5.41) is 3.54. The summed E-state index contributed by atoms with van der Waals surface area (Å²) in [6.07, 6.45) is 1.65. The molecule has 2 heterocycles. The monoisotopic (exact) mass is 187 g/mol. The summed E-state index contributed by atoms with van der Waals surface area (Å²) in [5.74, 6) is 3.33. The molecule has 3 heteroatoms. The molecule has 2 atom stereocenters. The molecule has 0 aromatic heterocycles. The van der Waals surface area contributed by atoms with E-state index in [1.54, 1.807) is 0 Å². The van der Waals surface area contributed by atoms with E-state index in [4.69, 9.17) is 4.74 Å². The lowest BCUT2D eigenvalue weighted by atomic mass is 10.1. The molecule has 2 fully saturated rings. The fourth-order valence-electron chi connectivity index (χ4n) is 1.81. The Morgan fingerprint density at radius 3 is 2.83 bits per heavy atom. The Morgan fingerprint density at radius 1 is 1.50 bits per heavy atom. The van der Waals surface area contributed by atoms with Crippen molar-refractivity contribution >= 4 is 11.8 Å². The number of hydrogen-bond acceptors (Lipinski definition) is 3. The molecule has 0 radical (unpaired) electrons. The molecule has 2 saturated heterocycles. The maximum atomic E-state index is 5.73. The minimum absolute atomic E-state index is 0.192. The molecular weight excluding hydrogens is 170 g/mol. The number of hydrogen-bond donors (Lipinski definition) is 1. The highest BCUT2D eigenvalue weighted by Gasteiger charge is 2.36. The third kappa shape index (κ3) is 1.78. The lowest BCUT2D eigenvalue weighted by Gasteiger charge is -2.20. The summed E-state index contributed by atoms with van der Waals surface area (Å²) in [7, 11) is 0. The van der Waals surface area contributed by atoms with Gasteiger partial charge in [-0.1, -0.05) is 0 Å². The first-order valence-corrected chi connectivity index (χ1v) is 5.80. The Morgan fingerprint density at radius 2 is 2.33 bits per heavy atom. The van der Waals surface area contributed by atoms with Crippen LogP contribution in [0.4, 0.5) is 0 Å². The van der Waals surface area contributed by atoms with Crippen LogP contribution in [0.1, 0.15) is 20.3 Å². The van der Waals surface area contributed by atoms with Crippen molar-refractivity contribution in [3.05, 3.63) is 0 Å². The first kappa shape index (κ1) is 8.85. The first-order valence-electron chi connectivity index (χ1n) is 4.64. The number of nitrogens with one attached hydrogen (secondary N) is 1. The van der Waals surface area contributed by atoms with E-state index >= 15 is 0 Å². The fraction of sp³-hybridized carbons (Fsp3) is 1.00. The second-order valence-corrected chi connectivity index (χ2v) is 5.53. The smallest absolute Gasteiger partial charge is 0.112 e. The molecular formula is C9H17NOS. The summed E-state index contributed by atoms with van der Waals surface area (Å²) in [5.41, 5.74) is 0.192. The third-order valence-corrected chi connectivity index (χ3v) is 3.74. The maximum Gasteiger partial charge on any atom is 0.112 e. The van der Waals surface area contributed by atoms with Gasteiger partial charge in [-0.2, -0.15) is 11.8 Å². The van der Waals surface area contributed by atoms with Gasteiger partial charge in [-0.05, 0) is 31.8 Å². The molecule has 0 aromatic carbocycles. The van der Waals surface area contributed by atoms with Crippen LogP contribution in [0.3, 0.4) is 0 Å². The molecule has 0 aromatic rings. The van der Waals surface area contributed by atoms with Crippen LogP contribution in [0.5, 0.6) is 0 Å². The van der Waals surface area contributed by atoms with Gasteiger partial charge in [-0.15, -0.1) is 0 Å². The zero-order valence-electron chi connectivity index (χ0n) is 7.80. The standard InChI is InChI=1S/C9H17NOS/c1-9(2)6-11-8(10-9)7-3-4-12-5-7/h7-8,10H,3-6H2,1-2H3. The highest BCUT2D eigenvalue weighted by molar-refractivity contribution is 7.99. The second-order valence-electron chi connectivity index (χ2n) is 4.38. The van der Waals surface area contributed by atoms with Crippen molar-refractivity contribution in [2.75, 3.05) is 18.1 Å². The summed E-state index contributed by atoms with van der Waals surface area (Å²) in [6.45, 7) is 5.27.